The van der Waals surface area contributed by atoms with Crippen molar-refractivity contribution in [2.24, 2.45) is 0 Å². The minimum absolute atomic E-state index is 0.328. The van der Waals surface area contributed by atoms with Gasteiger partial charge in [-0.15, -0.1) is 0 Å². The molecule has 0 aliphatic rings. The topological polar surface area (TPSA) is 29.1 Å². The zero-order valence-corrected chi connectivity index (χ0v) is 13.7. The van der Waals surface area contributed by atoms with Gasteiger partial charge in [0.05, 0.1) is 10.6 Å². The van der Waals surface area contributed by atoms with Gasteiger partial charge in [0.25, 0.3) is 5.91 Å². The molecule has 1 amide bonds. The van der Waals surface area contributed by atoms with Gasteiger partial charge >= 0.3 is 0 Å². The van der Waals surface area contributed by atoms with E-state index in [1.165, 1.54) is 0 Å². The Morgan fingerprint density at radius 2 is 1.52 bits per heavy atom. The van der Waals surface area contributed by atoms with Crippen LogP contribution >= 0.6 is 46.4 Å². The number of hydrogen-bond acceptors (Lipinski definition) is 1. The minimum Gasteiger partial charge on any atom is -0.341 e. The Hall–Kier alpha value is -0.930. The average molecular weight is 363 g/mol. The van der Waals surface area contributed by atoms with Gasteiger partial charge in [-0.05, 0) is 17.7 Å². The van der Waals surface area contributed by atoms with Crippen LogP contribution in [0.15, 0.2) is 54.6 Å². The predicted molar refractivity (Wildman–Crippen MR) is 88.4 cm³/mol. The zero-order valence-electron chi connectivity index (χ0n) is 10.7. The van der Waals surface area contributed by atoms with E-state index in [0.29, 0.717) is 16.1 Å². The van der Waals surface area contributed by atoms with Crippen molar-refractivity contribution >= 4 is 52.3 Å². The van der Waals surface area contributed by atoms with Gasteiger partial charge in [-0.25, -0.2) is 0 Å². The molecular formula is C15H11Cl4NO. The highest BCUT2D eigenvalue weighted by Gasteiger charge is 2.35. The maximum absolute atomic E-state index is 12.3. The van der Waals surface area contributed by atoms with E-state index in [1.807, 2.05) is 6.07 Å². The van der Waals surface area contributed by atoms with Gasteiger partial charge in [-0.3, -0.25) is 4.79 Å². The third-order valence-electron chi connectivity index (χ3n) is 2.85. The molecular weight excluding hydrogens is 352 g/mol. The maximum Gasteiger partial charge on any atom is 0.253 e. The lowest BCUT2D eigenvalue weighted by Crippen LogP contribution is -2.36. The summed E-state index contributed by atoms with van der Waals surface area (Å²) in [5, 5.41) is 3.05. The first-order valence-corrected chi connectivity index (χ1v) is 7.58. The molecule has 0 aromatic heterocycles. The largest absolute Gasteiger partial charge is 0.341 e. The number of halogens is 4. The SMILES string of the molecule is O=C(N[C@@H](c1ccccc1)C(Cl)(Cl)Cl)c1ccccc1Cl. The van der Waals surface area contributed by atoms with Crippen LogP contribution in [0.1, 0.15) is 22.0 Å². The second kappa shape index (κ2) is 6.89. The number of benzene rings is 2. The smallest absolute Gasteiger partial charge is 0.253 e. The molecule has 0 spiro atoms. The Bertz CT molecular complexity index is 625. The highest BCUT2D eigenvalue weighted by atomic mass is 35.6. The lowest BCUT2D eigenvalue weighted by Gasteiger charge is -2.26. The molecule has 110 valence electrons. The van der Waals surface area contributed by atoms with Crippen LogP contribution in [0.2, 0.25) is 5.02 Å². The van der Waals surface area contributed by atoms with Gasteiger partial charge in [-0.1, -0.05) is 88.9 Å². The van der Waals surface area contributed by atoms with Crippen LogP contribution in [0.3, 0.4) is 0 Å². The number of amides is 1. The van der Waals surface area contributed by atoms with E-state index in [0.717, 1.165) is 0 Å². The van der Waals surface area contributed by atoms with Crippen molar-refractivity contribution < 1.29 is 4.79 Å². The summed E-state index contributed by atoms with van der Waals surface area (Å²) in [6.45, 7) is 0. The van der Waals surface area contributed by atoms with Crippen LogP contribution in [-0.4, -0.2) is 9.70 Å². The average Bonchev–Trinajstić information content (AvgIpc) is 2.44. The molecule has 0 unspecified atom stereocenters. The summed E-state index contributed by atoms with van der Waals surface area (Å²) in [6, 6.07) is 14.9. The van der Waals surface area contributed by atoms with Crippen molar-refractivity contribution in [2.45, 2.75) is 9.83 Å². The van der Waals surface area contributed by atoms with Gasteiger partial charge in [0, 0.05) is 0 Å². The molecule has 0 radical (unpaired) electrons. The zero-order chi connectivity index (χ0) is 15.5. The number of hydrogen-bond donors (Lipinski definition) is 1. The maximum atomic E-state index is 12.3. The minimum atomic E-state index is -1.68. The molecule has 0 saturated carbocycles. The molecule has 0 aliphatic carbocycles. The lowest BCUT2D eigenvalue weighted by molar-refractivity contribution is 0.0937. The van der Waals surface area contributed by atoms with Crippen LogP contribution in [0.4, 0.5) is 0 Å². The first kappa shape index (κ1) is 16.4. The fourth-order valence-electron chi connectivity index (χ4n) is 1.85. The second-order valence-electron chi connectivity index (χ2n) is 4.34. The van der Waals surface area contributed by atoms with Crippen LogP contribution in [-0.2, 0) is 0 Å². The highest BCUT2D eigenvalue weighted by molar-refractivity contribution is 6.68. The summed E-state index contributed by atoms with van der Waals surface area (Å²) in [6.07, 6.45) is 0. The highest BCUT2D eigenvalue weighted by Crippen LogP contribution is 2.40. The molecule has 0 aliphatic heterocycles. The first-order chi connectivity index (χ1) is 9.89. The van der Waals surface area contributed by atoms with E-state index in [1.54, 1.807) is 48.5 Å². The normalized spacial score (nSPS) is 12.8. The van der Waals surface area contributed by atoms with Crippen LogP contribution in [0.5, 0.6) is 0 Å². The number of rotatable bonds is 3. The van der Waals surface area contributed by atoms with Crippen molar-refractivity contribution in [2.75, 3.05) is 0 Å². The summed E-state index contributed by atoms with van der Waals surface area (Å²) in [5.41, 5.74) is 1.02. The Labute approximate surface area is 143 Å². The molecule has 6 heteroatoms. The summed E-state index contributed by atoms with van der Waals surface area (Å²) >= 11 is 24.0. The molecule has 0 bridgehead atoms. The monoisotopic (exact) mass is 361 g/mol. The number of nitrogens with one attached hydrogen (secondary N) is 1. The molecule has 1 atom stereocenters. The van der Waals surface area contributed by atoms with Crippen molar-refractivity contribution in [1.82, 2.24) is 5.32 Å². The summed E-state index contributed by atoms with van der Waals surface area (Å²) in [7, 11) is 0. The Balaban J connectivity index is 2.29. The number of alkyl halides is 3. The molecule has 0 heterocycles. The molecule has 2 aromatic rings. The summed E-state index contributed by atoms with van der Waals surface area (Å²) in [4.78, 5) is 12.3. The molecule has 2 rings (SSSR count). The van der Waals surface area contributed by atoms with E-state index >= 15 is 0 Å². The Morgan fingerprint density at radius 3 is 2.10 bits per heavy atom. The quantitative estimate of drug-likeness (QED) is 0.748. The Morgan fingerprint density at radius 1 is 0.952 bits per heavy atom. The predicted octanol–water partition coefficient (Wildman–Crippen LogP) is 5.18. The fourth-order valence-corrected chi connectivity index (χ4v) is 2.62. The van der Waals surface area contributed by atoms with Crippen LogP contribution in [0.25, 0.3) is 0 Å². The van der Waals surface area contributed by atoms with Crippen molar-refractivity contribution in [3.63, 3.8) is 0 Å². The van der Waals surface area contributed by atoms with Crippen LogP contribution < -0.4 is 5.32 Å². The van der Waals surface area contributed by atoms with Gasteiger partial charge in [-0.2, -0.15) is 0 Å². The van der Waals surface area contributed by atoms with Crippen molar-refractivity contribution in [3.05, 3.63) is 70.7 Å². The van der Waals surface area contributed by atoms with Crippen molar-refractivity contribution in [3.8, 4) is 0 Å². The second-order valence-corrected chi connectivity index (χ2v) is 7.11. The molecule has 0 fully saturated rings. The number of carbonyl (C=O) groups is 1. The van der Waals surface area contributed by atoms with E-state index in [4.69, 9.17) is 46.4 Å². The van der Waals surface area contributed by atoms with E-state index in [9.17, 15) is 4.79 Å². The van der Waals surface area contributed by atoms with Gasteiger partial charge < -0.3 is 5.32 Å². The molecule has 2 aromatic carbocycles. The third-order valence-corrected chi connectivity index (χ3v) is 3.84. The van der Waals surface area contributed by atoms with E-state index in [2.05, 4.69) is 5.32 Å². The first-order valence-electron chi connectivity index (χ1n) is 6.06. The lowest BCUT2D eigenvalue weighted by atomic mass is 10.1. The Kier molecular flexibility index (Phi) is 5.39. The van der Waals surface area contributed by atoms with Crippen LogP contribution in [0, 0.1) is 0 Å². The van der Waals surface area contributed by atoms with Crippen molar-refractivity contribution in [1.29, 1.82) is 0 Å². The number of carbonyl (C=O) groups excluding carboxylic acids is 1. The standard InChI is InChI=1S/C15H11Cl4NO/c16-12-9-5-4-8-11(12)14(21)20-13(15(17,18)19)10-6-2-1-3-7-10/h1-9,13H,(H,20,21)/t13-/m0/s1. The summed E-state index contributed by atoms with van der Waals surface area (Å²) < 4.78 is -1.68. The van der Waals surface area contributed by atoms with Gasteiger partial charge in [0.2, 0.25) is 3.79 Å². The molecule has 2 nitrogen and oxygen atoms in total. The van der Waals surface area contributed by atoms with E-state index in [-0.39, 0.29) is 0 Å². The molecule has 1 N–H and O–H groups in total. The van der Waals surface area contributed by atoms with Gasteiger partial charge in [0.1, 0.15) is 6.04 Å². The van der Waals surface area contributed by atoms with E-state index < -0.39 is 15.7 Å². The summed E-state index contributed by atoms with van der Waals surface area (Å²) in [5.74, 6) is -0.402. The van der Waals surface area contributed by atoms with Gasteiger partial charge in [0.15, 0.2) is 0 Å². The molecule has 21 heavy (non-hydrogen) atoms. The fraction of sp³-hybridized carbons (Fsp3) is 0.133. The molecule has 0 saturated heterocycles. The third kappa shape index (κ3) is 4.27.